The lowest BCUT2D eigenvalue weighted by Crippen LogP contribution is -2.35. The Morgan fingerprint density at radius 2 is 2.04 bits per heavy atom. The van der Waals surface area contributed by atoms with Crippen molar-refractivity contribution in [1.29, 1.82) is 0 Å². The van der Waals surface area contributed by atoms with Crippen LogP contribution in [0.4, 0.5) is 5.82 Å². The van der Waals surface area contributed by atoms with Crippen molar-refractivity contribution in [2.75, 3.05) is 18.0 Å². The van der Waals surface area contributed by atoms with Crippen LogP contribution < -0.4 is 10.2 Å². The highest BCUT2D eigenvalue weighted by molar-refractivity contribution is 5.87. The third-order valence-electron chi connectivity index (χ3n) is 5.20. The molecular weight excluding hydrogens is 304 g/mol. The van der Waals surface area contributed by atoms with E-state index in [2.05, 4.69) is 15.3 Å². The summed E-state index contributed by atoms with van der Waals surface area (Å²) in [7, 11) is 1.93. The minimum atomic E-state index is 0.0303. The van der Waals surface area contributed by atoms with Gasteiger partial charge in [0.2, 0.25) is 5.91 Å². The zero-order valence-electron chi connectivity index (χ0n) is 14.3. The van der Waals surface area contributed by atoms with Crippen LogP contribution in [-0.2, 0) is 11.8 Å². The number of aromatic nitrogens is 4. The fourth-order valence-corrected chi connectivity index (χ4v) is 3.99. The van der Waals surface area contributed by atoms with Gasteiger partial charge in [0.1, 0.15) is 11.6 Å². The smallest absolute Gasteiger partial charge is 0.217 e. The van der Waals surface area contributed by atoms with Crippen molar-refractivity contribution < 1.29 is 4.79 Å². The fraction of sp³-hybridized carbons (Fsp3) is 0.647. The second-order valence-electron chi connectivity index (χ2n) is 7.02. The third kappa shape index (κ3) is 2.72. The number of fused-ring (bicyclic) bond motifs is 1. The minimum Gasteiger partial charge on any atom is -0.354 e. The molecule has 1 aliphatic carbocycles. The first-order valence-corrected chi connectivity index (χ1v) is 8.83. The number of carbonyl (C=O) groups is 1. The molecule has 0 aromatic carbocycles. The first kappa shape index (κ1) is 15.4. The number of hydrogen-bond acceptors (Lipinski definition) is 5. The number of amides is 1. The highest BCUT2D eigenvalue weighted by atomic mass is 16.1. The topological polar surface area (TPSA) is 75.9 Å². The van der Waals surface area contributed by atoms with Gasteiger partial charge in [-0.05, 0) is 19.3 Å². The van der Waals surface area contributed by atoms with E-state index in [1.807, 2.05) is 17.9 Å². The third-order valence-corrected chi connectivity index (χ3v) is 5.20. The number of nitrogens with one attached hydrogen (secondary N) is 1. The van der Waals surface area contributed by atoms with Gasteiger partial charge in [0.05, 0.1) is 11.6 Å². The molecule has 2 aromatic heterocycles. The molecular formula is C17H24N6O. The maximum atomic E-state index is 11.3. The number of anilines is 1. The molecule has 0 radical (unpaired) electrons. The van der Waals surface area contributed by atoms with Crippen molar-refractivity contribution >= 4 is 22.8 Å². The lowest BCUT2D eigenvalue weighted by Gasteiger charge is -2.20. The van der Waals surface area contributed by atoms with Crippen molar-refractivity contribution in [1.82, 2.24) is 25.1 Å². The van der Waals surface area contributed by atoms with E-state index in [0.717, 1.165) is 42.2 Å². The Morgan fingerprint density at radius 1 is 1.25 bits per heavy atom. The van der Waals surface area contributed by atoms with E-state index in [1.54, 1.807) is 6.92 Å². The number of carbonyl (C=O) groups excluding carboxylic acids is 1. The molecule has 0 unspecified atom stereocenters. The Morgan fingerprint density at radius 3 is 2.79 bits per heavy atom. The molecule has 0 spiro atoms. The summed E-state index contributed by atoms with van der Waals surface area (Å²) >= 11 is 0. The summed E-state index contributed by atoms with van der Waals surface area (Å²) in [5.74, 6) is 2.43. The largest absolute Gasteiger partial charge is 0.354 e. The van der Waals surface area contributed by atoms with Crippen molar-refractivity contribution in [2.45, 2.75) is 51.0 Å². The Kier molecular flexibility index (Phi) is 3.86. The number of nitrogens with zero attached hydrogens (tertiary/aromatic N) is 5. The molecule has 7 heteroatoms. The molecule has 1 N–H and O–H groups in total. The predicted octanol–water partition coefficient (Wildman–Crippen LogP) is 1.74. The number of rotatable bonds is 3. The van der Waals surface area contributed by atoms with E-state index in [1.165, 1.54) is 25.7 Å². The minimum absolute atomic E-state index is 0.0303. The Labute approximate surface area is 141 Å². The molecule has 1 saturated carbocycles. The lowest BCUT2D eigenvalue weighted by atomic mass is 10.1. The van der Waals surface area contributed by atoms with Gasteiger partial charge in [0.25, 0.3) is 0 Å². The highest BCUT2D eigenvalue weighted by Crippen LogP contribution is 2.35. The van der Waals surface area contributed by atoms with Gasteiger partial charge in [-0.15, -0.1) is 0 Å². The molecule has 128 valence electrons. The first-order valence-electron chi connectivity index (χ1n) is 8.83. The molecule has 4 rings (SSSR count). The van der Waals surface area contributed by atoms with Crippen LogP contribution in [-0.4, -0.2) is 44.8 Å². The monoisotopic (exact) mass is 328 g/mol. The van der Waals surface area contributed by atoms with Crippen LogP contribution in [0.25, 0.3) is 11.0 Å². The fourth-order valence-electron chi connectivity index (χ4n) is 3.99. The van der Waals surface area contributed by atoms with Gasteiger partial charge < -0.3 is 10.2 Å². The summed E-state index contributed by atoms with van der Waals surface area (Å²) in [6, 6.07) is 0.194. The molecule has 7 nitrogen and oxygen atoms in total. The van der Waals surface area contributed by atoms with Crippen molar-refractivity contribution in [3.63, 3.8) is 0 Å². The zero-order valence-corrected chi connectivity index (χ0v) is 14.3. The average molecular weight is 328 g/mol. The van der Waals surface area contributed by atoms with Crippen molar-refractivity contribution in [3.05, 3.63) is 12.0 Å². The number of aryl methyl sites for hydroxylation is 1. The van der Waals surface area contributed by atoms with E-state index in [4.69, 9.17) is 9.97 Å². The van der Waals surface area contributed by atoms with Crippen LogP contribution in [0.3, 0.4) is 0 Å². The molecule has 2 aliphatic rings. The van der Waals surface area contributed by atoms with Crippen molar-refractivity contribution in [3.8, 4) is 0 Å². The normalized spacial score (nSPS) is 21.8. The Balaban J connectivity index is 1.70. The van der Waals surface area contributed by atoms with Gasteiger partial charge >= 0.3 is 0 Å². The molecule has 3 heterocycles. The first-order chi connectivity index (χ1) is 11.6. The molecule has 1 atom stereocenters. The van der Waals surface area contributed by atoms with Gasteiger partial charge in [-0.1, -0.05) is 12.8 Å². The summed E-state index contributed by atoms with van der Waals surface area (Å²) in [6.45, 7) is 3.27. The zero-order chi connectivity index (χ0) is 16.7. The van der Waals surface area contributed by atoms with E-state index < -0.39 is 0 Å². The van der Waals surface area contributed by atoms with Gasteiger partial charge in [0.15, 0.2) is 5.65 Å². The van der Waals surface area contributed by atoms with Gasteiger partial charge in [-0.25, -0.2) is 9.97 Å². The second-order valence-corrected chi connectivity index (χ2v) is 7.02. The van der Waals surface area contributed by atoms with E-state index >= 15 is 0 Å². The van der Waals surface area contributed by atoms with E-state index in [-0.39, 0.29) is 11.9 Å². The van der Waals surface area contributed by atoms with Crippen LogP contribution in [0.15, 0.2) is 6.20 Å². The predicted molar refractivity (Wildman–Crippen MR) is 91.9 cm³/mol. The van der Waals surface area contributed by atoms with Crippen LogP contribution >= 0.6 is 0 Å². The molecule has 24 heavy (non-hydrogen) atoms. The van der Waals surface area contributed by atoms with Crippen LogP contribution in [0.2, 0.25) is 0 Å². The second kappa shape index (κ2) is 6.03. The summed E-state index contributed by atoms with van der Waals surface area (Å²) in [6.07, 6.45) is 7.69. The standard InChI is InChI=1S/C17H24N6O/c1-11(24)19-13-7-8-23(10-13)17-14-9-18-22(2)16(14)20-15(21-17)12-5-3-4-6-12/h9,12-13H,3-8,10H2,1-2H3,(H,19,24)/t13-/m1/s1. The van der Waals surface area contributed by atoms with Crippen LogP contribution in [0.1, 0.15) is 50.8 Å². The quantitative estimate of drug-likeness (QED) is 0.929. The summed E-state index contributed by atoms with van der Waals surface area (Å²) in [5, 5.41) is 8.40. The lowest BCUT2D eigenvalue weighted by molar-refractivity contribution is -0.119. The summed E-state index contributed by atoms with van der Waals surface area (Å²) < 4.78 is 1.83. The molecule has 2 fully saturated rings. The van der Waals surface area contributed by atoms with Crippen molar-refractivity contribution in [2.24, 2.45) is 7.05 Å². The summed E-state index contributed by atoms with van der Waals surface area (Å²) in [4.78, 5) is 23.3. The van der Waals surface area contributed by atoms with E-state index in [9.17, 15) is 4.79 Å². The Hall–Kier alpha value is -2.18. The van der Waals surface area contributed by atoms with Gasteiger partial charge in [-0.3, -0.25) is 9.48 Å². The van der Waals surface area contributed by atoms with E-state index in [0.29, 0.717) is 5.92 Å². The molecule has 0 bridgehead atoms. The maximum absolute atomic E-state index is 11.3. The van der Waals surface area contributed by atoms with Crippen LogP contribution in [0, 0.1) is 0 Å². The number of hydrogen-bond donors (Lipinski definition) is 1. The van der Waals surface area contributed by atoms with Gasteiger partial charge in [-0.2, -0.15) is 5.10 Å². The maximum Gasteiger partial charge on any atom is 0.217 e. The Bertz CT molecular complexity index is 764. The highest BCUT2D eigenvalue weighted by Gasteiger charge is 2.28. The van der Waals surface area contributed by atoms with Crippen LogP contribution in [0.5, 0.6) is 0 Å². The summed E-state index contributed by atoms with van der Waals surface area (Å²) in [5.41, 5.74) is 0.907. The molecule has 2 aromatic rings. The molecule has 1 saturated heterocycles. The molecule has 1 amide bonds. The average Bonchev–Trinajstić information content (AvgIpc) is 3.27. The molecule has 1 aliphatic heterocycles. The SMILES string of the molecule is CC(=O)N[C@@H]1CCN(c2nc(C3CCCC3)nc3c2cnn3C)C1. The van der Waals surface area contributed by atoms with Gasteiger partial charge in [0, 0.05) is 39.0 Å².